The second kappa shape index (κ2) is 7.21. The molecule has 0 bridgehead atoms. The molecule has 1 heterocycles. The highest BCUT2D eigenvalue weighted by Crippen LogP contribution is 2.39. The number of halogens is 8. The molecule has 14 heteroatoms. The molecule has 0 aliphatic rings. The summed E-state index contributed by atoms with van der Waals surface area (Å²) in [5, 5.41) is 11.4. The molecule has 0 saturated heterocycles. The predicted molar refractivity (Wildman–Crippen MR) is 85.0 cm³/mol. The van der Waals surface area contributed by atoms with Crippen LogP contribution in [-0.2, 0) is 17.0 Å². The van der Waals surface area contributed by atoms with Crippen molar-refractivity contribution in [3.05, 3.63) is 33.4 Å². The van der Waals surface area contributed by atoms with E-state index in [0.717, 1.165) is 0 Å². The third-order valence-electron chi connectivity index (χ3n) is 3.06. The van der Waals surface area contributed by atoms with E-state index in [4.69, 9.17) is 34.2 Å². The first-order chi connectivity index (χ1) is 12.3. The van der Waals surface area contributed by atoms with Crippen molar-refractivity contribution >= 4 is 39.8 Å². The Hall–Kier alpha value is -1.97. The topological polar surface area (TPSA) is 84.7 Å². The molecule has 0 spiro atoms. The summed E-state index contributed by atoms with van der Waals surface area (Å²) in [4.78, 5) is -0.721. The van der Waals surface area contributed by atoms with Gasteiger partial charge in [0, 0.05) is 0 Å². The quantitative estimate of drug-likeness (QED) is 0.705. The van der Waals surface area contributed by atoms with E-state index in [-0.39, 0.29) is 0 Å². The van der Waals surface area contributed by atoms with Crippen LogP contribution >= 0.6 is 23.2 Å². The highest BCUT2D eigenvalue weighted by molar-refractivity contribution is 7.85. The summed E-state index contributed by atoms with van der Waals surface area (Å²) in [6.07, 6.45) is -9.59. The molecule has 0 saturated carbocycles. The normalized spacial score (nSPS) is 13.4. The van der Waals surface area contributed by atoms with Crippen LogP contribution in [0.2, 0.25) is 10.0 Å². The Morgan fingerprint density at radius 1 is 1.19 bits per heavy atom. The average molecular weight is 451 g/mol. The molecule has 0 aliphatic heterocycles. The van der Waals surface area contributed by atoms with Gasteiger partial charge in [-0.25, -0.2) is 4.68 Å². The Kier molecular flexibility index (Phi) is 5.70. The van der Waals surface area contributed by atoms with Gasteiger partial charge in [0.05, 0.1) is 26.4 Å². The number of rotatable bonds is 3. The van der Waals surface area contributed by atoms with Crippen molar-refractivity contribution in [2.45, 2.75) is 17.2 Å². The number of aromatic nitrogens is 2. The lowest BCUT2D eigenvalue weighted by molar-refractivity contribution is -0.137. The van der Waals surface area contributed by atoms with E-state index in [9.17, 15) is 30.6 Å². The summed E-state index contributed by atoms with van der Waals surface area (Å²) in [5.74, 6) is -2.47. The molecule has 5 nitrogen and oxygen atoms in total. The van der Waals surface area contributed by atoms with E-state index in [2.05, 4.69) is 5.10 Å². The number of nitrogen functional groups attached to an aromatic ring is 1. The molecule has 0 unspecified atom stereocenters. The van der Waals surface area contributed by atoms with Crippen molar-refractivity contribution in [2.75, 3.05) is 11.5 Å². The minimum atomic E-state index is -4.82. The fourth-order valence-electron chi connectivity index (χ4n) is 2.04. The monoisotopic (exact) mass is 450 g/mol. The summed E-state index contributed by atoms with van der Waals surface area (Å²) in [7, 11) is -2.78. The van der Waals surface area contributed by atoms with Gasteiger partial charge in [-0.1, -0.05) is 23.2 Å². The van der Waals surface area contributed by atoms with Crippen molar-refractivity contribution in [1.29, 1.82) is 5.26 Å². The van der Waals surface area contributed by atoms with Gasteiger partial charge in [-0.05, 0) is 12.1 Å². The second-order valence-corrected chi connectivity index (χ2v) is 7.18. The summed E-state index contributed by atoms with van der Waals surface area (Å²) in [6.45, 7) is 0. The van der Waals surface area contributed by atoms with Gasteiger partial charge < -0.3 is 5.73 Å². The molecule has 0 aliphatic carbocycles. The van der Waals surface area contributed by atoms with Crippen LogP contribution < -0.4 is 5.73 Å². The van der Waals surface area contributed by atoms with E-state index in [1.54, 1.807) is 0 Å². The molecule has 0 fully saturated rings. The third kappa shape index (κ3) is 4.48. The molecular weight excluding hydrogens is 445 g/mol. The van der Waals surface area contributed by atoms with Crippen LogP contribution in [0.1, 0.15) is 11.3 Å². The smallest absolute Gasteiger partial charge is 0.383 e. The molecule has 1 aromatic carbocycles. The van der Waals surface area contributed by atoms with Crippen molar-refractivity contribution < 1.29 is 30.6 Å². The number of hydrogen-bond acceptors (Lipinski definition) is 4. The molecule has 0 amide bonds. The molecular formula is C13H6Cl2F6N4OS. The zero-order chi connectivity index (χ0) is 20.7. The minimum Gasteiger partial charge on any atom is -0.383 e. The van der Waals surface area contributed by atoms with Crippen molar-refractivity contribution in [2.24, 2.45) is 0 Å². The van der Waals surface area contributed by atoms with Gasteiger partial charge in [0.2, 0.25) is 0 Å². The molecule has 146 valence electrons. The van der Waals surface area contributed by atoms with Crippen LogP contribution in [0, 0.1) is 11.3 Å². The van der Waals surface area contributed by atoms with Crippen LogP contribution in [0.15, 0.2) is 17.0 Å². The third-order valence-corrected chi connectivity index (χ3v) is 5.08. The first-order valence-corrected chi connectivity index (χ1v) is 8.64. The maximum atomic E-state index is 12.8. The Bertz CT molecular complexity index is 940. The highest BCUT2D eigenvalue weighted by Gasteiger charge is 2.36. The zero-order valence-electron chi connectivity index (χ0n) is 12.6. The predicted octanol–water partition coefficient (Wildman–Crippen LogP) is 4.32. The minimum absolute atomic E-state index is 0.407. The second-order valence-electron chi connectivity index (χ2n) is 4.98. The number of alkyl halides is 6. The first-order valence-electron chi connectivity index (χ1n) is 6.56. The van der Waals surface area contributed by atoms with Crippen LogP contribution in [-0.4, -0.2) is 25.9 Å². The lowest BCUT2D eigenvalue weighted by Crippen LogP contribution is -2.19. The van der Waals surface area contributed by atoms with E-state index in [0.29, 0.717) is 16.8 Å². The summed E-state index contributed by atoms with van der Waals surface area (Å²) < 4.78 is 88.4. The SMILES string of the molecule is N#Cc1nn(-c2c(Cl)cc(C(F)(F)F)cc2Cl)c(N)c1[S@](=O)CC(F)(F)F. The van der Waals surface area contributed by atoms with Crippen molar-refractivity contribution in [3.8, 4) is 11.8 Å². The summed E-state index contributed by atoms with van der Waals surface area (Å²) in [5.41, 5.74) is 3.34. The van der Waals surface area contributed by atoms with Crippen LogP contribution in [0.3, 0.4) is 0 Å². The molecule has 27 heavy (non-hydrogen) atoms. The molecule has 2 N–H and O–H groups in total. The van der Waals surface area contributed by atoms with E-state index >= 15 is 0 Å². The van der Waals surface area contributed by atoms with Gasteiger partial charge in [0.1, 0.15) is 28.2 Å². The van der Waals surface area contributed by atoms with Gasteiger partial charge in [-0.2, -0.15) is 36.7 Å². The number of anilines is 1. The fourth-order valence-corrected chi connectivity index (χ4v) is 3.75. The van der Waals surface area contributed by atoms with E-state index in [1.807, 2.05) is 0 Å². The molecule has 1 atom stereocenters. The highest BCUT2D eigenvalue weighted by atomic mass is 35.5. The Morgan fingerprint density at radius 2 is 1.70 bits per heavy atom. The van der Waals surface area contributed by atoms with Gasteiger partial charge in [-0.3, -0.25) is 4.21 Å². The van der Waals surface area contributed by atoms with Gasteiger partial charge in [0.25, 0.3) is 0 Å². The Labute approximate surface area is 159 Å². The largest absolute Gasteiger partial charge is 0.416 e. The average Bonchev–Trinajstić information content (AvgIpc) is 2.80. The Morgan fingerprint density at radius 3 is 2.11 bits per heavy atom. The number of nitrogens with zero attached hydrogens (tertiary/aromatic N) is 3. The zero-order valence-corrected chi connectivity index (χ0v) is 14.9. The van der Waals surface area contributed by atoms with Crippen molar-refractivity contribution in [1.82, 2.24) is 9.78 Å². The van der Waals surface area contributed by atoms with Gasteiger partial charge in [-0.15, -0.1) is 0 Å². The maximum absolute atomic E-state index is 12.8. The summed E-state index contributed by atoms with van der Waals surface area (Å²) >= 11 is 11.6. The molecule has 1 aromatic heterocycles. The van der Waals surface area contributed by atoms with Gasteiger partial charge >= 0.3 is 12.4 Å². The number of nitriles is 1. The fraction of sp³-hybridized carbons (Fsp3) is 0.231. The molecule has 2 aromatic rings. The number of nitrogens with two attached hydrogens (primary N) is 1. The Balaban J connectivity index is 2.66. The number of benzene rings is 1. The van der Waals surface area contributed by atoms with Crippen LogP contribution in [0.4, 0.5) is 32.2 Å². The number of hydrogen-bond donors (Lipinski definition) is 1. The summed E-state index contributed by atoms with van der Waals surface area (Å²) in [6, 6.07) is 2.43. The lowest BCUT2D eigenvalue weighted by atomic mass is 10.2. The lowest BCUT2D eigenvalue weighted by Gasteiger charge is -2.13. The van der Waals surface area contributed by atoms with Crippen molar-refractivity contribution in [3.63, 3.8) is 0 Å². The maximum Gasteiger partial charge on any atom is 0.416 e. The van der Waals surface area contributed by atoms with E-state index < -0.39 is 66.6 Å². The standard InChI is InChI=1S/C13H6Cl2F6N4OS/c14-6-1-5(13(19,20)21)2-7(15)9(6)25-11(23)10(8(3-22)24-25)27(26)4-12(16,17)18/h1-2H,4,23H2/t27-/m1/s1. The van der Waals surface area contributed by atoms with Crippen LogP contribution in [0.25, 0.3) is 5.69 Å². The van der Waals surface area contributed by atoms with E-state index in [1.165, 1.54) is 6.07 Å². The first kappa shape index (κ1) is 21.3. The molecule has 2 rings (SSSR count). The molecule has 0 radical (unpaired) electrons. The van der Waals surface area contributed by atoms with Crippen LogP contribution in [0.5, 0.6) is 0 Å². The van der Waals surface area contributed by atoms with Gasteiger partial charge in [0.15, 0.2) is 5.69 Å².